The molecule has 1 fully saturated rings. The van der Waals surface area contributed by atoms with Crippen LogP contribution in [0.25, 0.3) is 0 Å². The van der Waals surface area contributed by atoms with Crippen molar-refractivity contribution in [3.8, 4) is 0 Å². The molecule has 0 aromatic rings. The predicted molar refractivity (Wildman–Crippen MR) is 77.9 cm³/mol. The molecule has 0 aromatic heterocycles. The van der Waals surface area contributed by atoms with E-state index in [2.05, 4.69) is 17.0 Å². The van der Waals surface area contributed by atoms with Crippen LogP contribution in [0.2, 0.25) is 0 Å². The first-order valence-electron chi connectivity index (χ1n) is 6.74. The summed E-state index contributed by atoms with van der Waals surface area (Å²) in [6, 6.07) is 0. The Hall–Kier alpha value is -0.610. The number of amides is 1. The minimum absolute atomic E-state index is 0.00463. The number of ether oxygens (including phenoxy) is 2. The minimum atomic E-state index is 0.00463. The predicted octanol–water partition coefficient (Wildman–Crippen LogP) is 2.86. The van der Waals surface area contributed by atoms with Crippen molar-refractivity contribution in [2.45, 2.75) is 47.5 Å². The third kappa shape index (κ3) is 58.4. The Bertz CT molecular complexity index is 144. The van der Waals surface area contributed by atoms with Gasteiger partial charge >= 0.3 is 0 Å². The number of hydrogen-bond acceptors (Lipinski definition) is 3. The zero-order valence-corrected chi connectivity index (χ0v) is 13.3. The summed E-state index contributed by atoms with van der Waals surface area (Å²) < 4.78 is 9.38. The molecule has 4 heteroatoms. The molecule has 0 unspecified atom stereocenters. The summed E-state index contributed by atoms with van der Waals surface area (Å²) in [5, 5.41) is 2.39. The number of carbonyl (C=O) groups excluding carboxylic acids is 1. The fourth-order valence-electron chi connectivity index (χ4n) is 0.371. The Labute approximate surface area is 113 Å². The average molecular weight is 263 g/mol. The van der Waals surface area contributed by atoms with Gasteiger partial charge in [-0.15, -0.1) is 0 Å². The van der Waals surface area contributed by atoms with Crippen LogP contribution in [0.3, 0.4) is 0 Å². The van der Waals surface area contributed by atoms with Crippen molar-refractivity contribution in [3.05, 3.63) is 0 Å². The molecule has 18 heavy (non-hydrogen) atoms. The number of methoxy groups -OCH3 is 1. The van der Waals surface area contributed by atoms with Gasteiger partial charge in [0.1, 0.15) is 0 Å². The SMILES string of the molecule is CC1CC1.CCOC.CCOCC.CNC(C)=O. The molecule has 0 aliphatic heterocycles. The van der Waals surface area contributed by atoms with E-state index < -0.39 is 0 Å². The Morgan fingerprint density at radius 3 is 1.44 bits per heavy atom. The van der Waals surface area contributed by atoms with Crippen LogP contribution in [-0.2, 0) is 14.3 Å². The van der Waals surface area contributed by atoms with Crippen molar-refractivity contribution in [1.82, 2.24) is 5.32 Å². The van der Waals surface area contributed by atoms with E-state index in [9.17, 15) is 4.79 Å². The Kier molecular flexibility index (Phi) is 27.1. The first-order chi connectivity index (χ1) is 8.49. The summed E-state index contributed by atoms with van der Waals surface area (Å²) >= 11 is 0. The highest BCUT2D eigenvalue weighted by Crippen LogP contribution is 2.26. The average Bonchev–Trinajstić information content (AvgIpc) is 3.14. The quantitative estimate of drug-likeness (QED) is 0.851. The van der Waals surface area contributed by atoms with E-state index in [1.54, 1.807) is 14.2 Å². The van der Waals surface area contributed by atoms with E-state index >= 15 is 0 Å². The van der Waals surface area contributed by atoms with Gasteiger partial charge < -0.3 is 14.8 Å². The lowest BCUT2D eigenvalue weighted by Crippen LogP contribution is -2.11. The fourth-order valence-corrected chi connectivity index (χ4v) is 0.371. The van der Waals surface area contributed by atoms with E-state index in [4.69, 9.17) is 4.74 Å². The van der Waals surface area contributed by atoms with E-state index in [0.717, 1.165) is 25.7 Å². The van der Waals surface area contributed by atoms with Gasteiger partial charge in [0, 0.05) is 40.9 Å². The smallest absolute Gasteiger partial charge is 0.216 e. The summed E-state index contributed by atoms with van der Waals surface area (Å²) in [6.07, 6.45) is 2.97. The third-order valence-electron chi connectivity index (χ3n) is 1.92. The zero-order valence-electron chi connectivity index (χ0n) is 13.3. The van der Waals surface area contributed by atoms with E-state index in [0.29, 0.717) is 0 Å². The van der Waals surface area contributed by atoms with Gasteiger partial charge in [-0.2, -0.15) is 0 Å². The number of nitrogens with one attached hydrogen (secondary N) is 1. The van der Waals surface area contributed by atoms with Crippen LogP contribution >= 0.6 is 0 Å². The van der Waals surface area contributed by atoms with Gasteiger partial charge in [0.25, 0.3) is 0 Å². The molecule has 112 valence electrons. The van der Waals surface area contributed by atoms with Crippen LogP contribution in [0.1, 0.15) is 47.5 Å². The molecule has 1 N–H and O–H groups in total. The summed E-state index contributed by atoms with van der Waals surface area (Å²) in [6.45, 7) is 12.2. The van der Waals surface area contributed by atoms with Gasteiger partial charge in [-0.1, -0.05) is 19.8 Å². The summed E-state index contributed by atoms with van der Waals surface area (Å²) in [5.74, 6) is 1.09. The van der Waals surface area contributed by atoms with Crippen LogP contribution in [0.15, 0.2) is 0 Å². The van der Waals surface area contributed by atoms with Crippen LogP contribution in [-0.4, -0.2) is 39.9 Å². The second-order valence-corrected chi connectivity index (χ2v) is 3.85. The zero-order chi connectivity index (χ0) is 14.8. The second-order valence-electron chi connectivity index (χ2n) is 3.85. The molecule has 0 bridgehead atoms. The molecule has 0 atom stereocenters. The topological polar surface area (TPSA) is 47.6 Å². The van der Waals surface area contributed by atoms with Crippen molar-refractivity contribution in [3.63, 3.8) is 0 Å². The highest BCUT2D eigenvalue weighted by Gasteiger charge is 2.12. The van der Waals surface area contributed by atoms with Crippen LogP contribution < -0.4 is 5.32 Å². The Morgan fingerprint density at radius 2 is 1.44 bits per heavy atom. The molecule has 1 rings (SSSR count). The van der Waals surface area contributed by atoms with E-state index in [1.165, 1.54) is 19.8 Å². The summed E-state index contributed by atoms with van der Waals surface area (Å²) in [7, 11) is 3.28. The standard InChI is InChI=1S/C4H10O.C4H8.C3H7NO.C3H8O/c1-3-5-4-2;1-4-2-3-4;1-3(5)4-2;1-3-4-2/h3-4H2,1-2H3;4H,2-3H2,1H3;1-2H3,(H,4,5);3H2,1-2H3. The minimum Gasteiger partial charge on any atom is -0.385 e. The van der Waals surface area contributed by atoms with Gasteiger partial charge in [-0.05, 0) is 26.7 Å². The van der Waals surface area contributed by atoms with Gasteiger partial charge in [-0.25, -0.2) is 0 Å². The molecule has 1 saturated carbocycles. The maximum Gasteiger partial charge on any atom is 0.216 e. The van der Waals surface area contributed by atoms with Gasteiger partial charge in [0.2, 0.25) is 5.91 Å². The molecule has 0 spiro atoms. The summed E-state index contributed by atoms with van der Waals surface area (Å²) in [4.78, 5) is 9.70. The van der Waals surface area contributed by atoms with Crippen molar-refractivity contribution in [1.29, 1.82) is 0 Å². The number of hydrogen-bond donors (Lipinski definition) is 1. The number of carbonyl (C=O) groups is 1. The second kappa shape index (κ2) is 21.7. The van der Waals surface area contributed by atoms with Crippen molar-refractivity contribution < 1.29 is 14.3 Å². The normalized spacial score (nSPS) is 11.7. The van der Waals surface area contributed by atoms with Crippen molar-refractivity contribution in [2.75, 3.05) is 34.0 Å². The Balaban J connectivity index is -0.000000167. The monoisotopic (exact) mass is 263 g/mol. The van der Waals surface area contributed by atoms with Crippen molar-refractivity contribution in [2.24, 2.45) is 5.92 Å². The molecule has 1 amide bonds. The first-order valence-corrected chi connectivity index (χ1v) is 6.74. The Morgan fingerprint density at radius 1 is 1.17 bits per heavy atom. The molecule has 0 saturated heterocycles. The molecule has 4 nitrogen and oxygen atoms in total. The fraction of sp³-hybridized carbons (Fsp3) is 0.929. The molecular formula is C14H33NO3. The molecular weight excluding hydrogens is 230 g/mol. The maximum absolute atomic E-state index is 9.70. The number of rotatable bonds is 3. The first kappa shape index (κ1) is 22.6. The van der Waals surface area contributed by atoms with Crippen LogP contribution in [0.5, 0.6) is 0 Å². The lowest BCUT2D eigenvalue weighted by molar-refractivity contribution is -0.118. The molecule has 0 aromatic carbocycles. The highest BCUT2D eigenvalue weighted by atomic mass is 16.5. The third-order valence-corrected chi connectivity index (χ3v) is 1.92. The van der Waals surface area contributed by atoms with Gasteiger partial charge in [0.05, 0.1) is 0 Å². The lowest BCUT2D eigenvalue weighted by Gasteiger charge is -1.86. The van der Waals surface area contributed by atoms with E-state index in [1.807, 2.05) is 20.8 Å². The maximum atomic E-state index is 9.70. The van der Waals surface area contributed by atoms with Gasteiger partial charge in [0.15, 0.2) is 0 Å². The molecule has 1 aliphatic rings. The molecule has 1 aliphatic carbocycles. The van der Waals surface area contributed by atoms with E-state index in [-0.39, 0.29) is 5.91 Å². The van der Waals surface area contributed by atoms with Crippen molar-refractivity contribution >= 4 is 5.91 Å². The largest absolute Gasteiger partial charge is 0.385 e. The highest BCUT2D eigenvalue weighted by molar-refractivity contribution is 5.72. The van der Waals surface area contributed by atoms with Gasteiger partial charge in [-0.3, -0.25) is 4.79 Å². The molecule has 0 radical (unpaired) electrons. The van der Waals surface area contributed by atoms with Crippen LogP contribution in [0, 0.1) is 5.92 Å². The summed E-state index contributed by atoms with van der Waals surface area (Å²) in [5.41, 5.74) is 0. The molecule has 0 heterocycles. The van der Waals surface area contributed by atoms with Crippen LogP contribution in [0.4, 0.5) is 0 Å². The lowest BCUT2D eigenvalue weighted by atomic mass is 10.5.